The largest absolute Gasteiger partial charge is 0.331 e. The summed E-state index contributed by atoms with van der Waals surface area (Å²) in [6.45, 7) is 6.03. The first-order chi connectivity index (χ1) is 11.0. The van der Waals surface area contributed by atoms with Gasteiger partial charge in [0.2, 0.25) is 0 Å². The van der Waals surface area contributed by atoms with Crippen molar-refractivity contribution in [3.8, 4) is 0 Å². The number of nitrogens with one attached hydrogen (secondary N) is 3. The summed E-state index contributed by atoms with van der Waals surface area (Å²) >= 11 is 5.17. The van der Waals surface area contributed by atoms with E-state index in [-0.39, 0.29) is 12.5 Å². The van der Waals surface area contributed by atoms with Crippen LogP contribution < -0.4 is 16.2 Å². The molecule has 1 heterocycles. The molecule has 0 atom stereocenters. The molecular formula is C16H21N5OS. The Morgan fingerprint density at radius 2 is 2.04 bits per heavy atom. The van der Waals surface area contributed by atoms with Crippen molar-refractivity contribution in [2.24, 2.45) is 0 Å². The third-order valence-corrected chi connectivity index (χ3v) is 3.51. The summed E-state index contributed by atoms with van der Waals surface area (Å²) in [6, 6.07) is 9.88. The number of carbonyl (C=O) groups is 1. The van der Waals surface area contributed by atoms with E-state index in [1.54, 1.807) is 4.68 Å². The topological polar surface area (TPSA) is 71.0 Å². The van der Waals surface area contributed by atoms with Gasteiger partial charge in [0.05, 0.1) is 5.69 Å². The van der Waals surface area contributed by atoms with Gasteiger partial charge in [-0.1, -0.05) is 19.1 Å². The lowest BCUT2D eigenvalue weighted by Crippen LogP contribution is -2.45. The first kappa shape index (κ1) is 17.0. The fraction of sp³-hybridized carbons (Fsp3) is 0.312. The van der Waals surface area contributed by atoms with Gasteiger partial charge >= 0.3 is 0 Å². The molecule has 122 valence electrons. The number of rotatable bonds is 4. The Morgan fingerprint density at radius 3 is 2.70 bits per heavy atom. The van der Waals surface area contributed by atoms with E-state index in [0.717, 1.165) is 23.5 Å². The summed E-state index contributed by atoms with van der Waals surface area (Å²) in [5, 5.41) is 7.61. The number of anilines is 1. The Hall–Kier alpha value is -2.41. The number of nitrogens with zero attached hydrogens (tertiary/aromatic N) is 2. The number of hydrogen-bond acceptors (Lipinski definition) is 3. The second kappa shape index (κ2) is 7.73. The van der Waals surface area contributed by atoms with Crippen molar-refractivity contribution in [2.75, 3.05) is 5.32 Å². The smallest absolute Gasteiger partial charge is 0.260 e. The molecule has 6 nitrogen and oxygen atoms in total. The van der Waals surface area contributed by atoms with E-state index in [1.165, 1.54) is 5.56 Å². The van der Waals surface area contributed by atoms with E-state index in [0.29, 0.717) is 5.11 Å². The van der Waals surface area contributed by atoms with Crippen LogP contribution in [0, 0.1) is 13.8 Å². The van der Waals surface area contributed by atoms with Crippen LogP contribution in [0.2, 0.25) is 0 Å². The zero-order valence-electron chi connectivity index (χ0n) is 13.5. The van der Waals surface area contributed by atoms with Crippen LogP contribution in [0.4, 0.5) is 5.69 Å². The van der Waals surface area contributed by atoms with Gasteiger partial charge < -0.3 is 5.32 Å². The van der Waals surface area contributed by atoms with Crippen molar-refractivity contribution < 1.29 is 4.79 Å². The van der Waals surface area contributed by atoms with Gasteiger partial charge in [-0.3, -0.25) is 20.3 Å². The molecule has 23 heavy (non-hydrogen) atoms. The summed E-state index contributed by atoms with van der Waals surface area (Å²) < 4.78 is 1.65. The molecule has 1 aromatic heterocycles. The van der Waals surface area contributed by atoms with Crippen LogP contribution in [0.1, 0.15) is 23.9 Å². The third-order valence-electron chi connectivity index (χ3n) is 3.31. The normalized spacial score (nSPS) is 10.2. The lowest BCUT2D eigenvalue weighted by atomic mass is 10.1. The van der Waals surface area contributed by atoms with Crippen molar-refractivity contribution in [2.45, 2.75) is 33.7 Å². The number of aryl methyl sites for hydroxylation is 3. The number of hydrogen-bond donors (Lipinski definition) is 3. The van der Waals surface area contributed by atoms with Crippen molar-refractivity contribution >= 4 is 28.9 Å². The average molecular weight is 331 g/mol. The molecule has 2 rings (SSSR count). The zero-order chi connectivity index (χ0) is 16.8. The molecule has 0 aliphatic carbocycles. The first-order valence-corrected chi connectivity index (χ1v) is 7.84. The maximum absolute atomic E-state index is 11.9. The van der Waals surface area contributed by atoms with Crippen molar-refractivity contribution in [3.63, 3.8) is 0 Å². The maximum atomic E-state index is 11.9. The van der Waals surface area contributed by atoms with E-state index in [2.05, 4.69) is 34.3 Å². The number of thiocarbonyl (C=S) groups is 1. The number of carbonyl (C=O) groups excluding carboxylic acids is 1. The second-order valence-corrected chi connectivity index (χ2v) is 5.67. The third kappa shape index (κ3) is 5.07. The summed E-state index contributed by atoms with van der Waals surface area (Å²) in [5.41, 5.74) is 9.18. The fourth-order valence-electron chi connectivity index (χ4n) is 2.17. The highest BCUT2D eigenvalue weighted by atomic mass is 32.1. The van der Waals surface area contributed by atoms with Gasteiger partial charge in [-0.05, 0) is 56.2 Å². The number of amides is 1. The van der Waals surface area contributed by atoms with Crippen LogP contribution in [0.3, 0.4) is 0 Å². The molecule has 2 aromatic rings. The minimum absolute atomic E-state index is 0.139. The molecule has 0 bridgehead atoms. The molecule has 0 saturated heterocycles. The van der Waals surface area contributed by atoms with Crippen LogP contribution in [-0.4, -0.2) is 20.8 Å². The number of aromatic nitrogens is 2. The number of benzene rings is 1. The highest BCUT2D eigenvalue weighted by molar-refractivity contribution is 7.80. The van der Waals surface area contributed by atoms with E-state index in [4.69, 9.17) is 12.2 Å². The highest BCUT2D eigenvalue weighted by Crippen LogP contribution is 2.10. The van der Waals surface area contributed by atoms with Gasteiger partial charge in [-0.15, -0.1) is 0 Å². The molecule has 0 radical (unpaired) electrons. The van der Waals surface area contributed by atoms with Gasteiger partial charge in [0.25, 0.3) is 5.91 Å². The minimum Gasteiger partial charge on any atom is -0.331 e. The maximum Gasteiger partial charge on any atom is 0.260 e. The molecular weight excluding hydrogens is 310 g/mol. The van der Waals surface area contributed by atoms with Gasteiger partial charge in [-0.25, -0.2) is 0 Å². The van der Waals surface area contributed by atoms with Crippen LogP contribution in [0.15, 0.2) is 30.3 Å². The lowest BCUT2D eigenvalue weighted by molar-refractivity contribution is -0.122. The Labute approximate surface area is 141 Å². The molecule has 0 spiro atoms. The molecule has 0 aliphatic rings. The van der Waals surface area contributed by atoms with Gasteiger partial charge in [0.15, 0.2) is 5.11 Å². The Balaban J connectivity index is 1.81. The van der Waals surface area contributed by atoms with E-state index < -0.39 is 0 Å². The average Bonchev–Trinajstić information content (AvgIpc) is 2.83. The van der Waals surface area contributed by atoms with E-state index in [9.17, 15) is 4.79 Å². The Bertz CT molecular complexity index is 710. The molecule has 0 fully saturated rings. The van der Waals surface area contributed by atoms with Gasteiger partial charge in [0, 0.05) is 11.4 Å². The second-order valence-electron chi connectivity index (χ2n) is 5.27. The highest BCUT2D eigenvalue weighted by Gasteiger charge is 2.07. The summed E-state index contributed by atoms with van der Waals surface area (Å²) in [6.07, 6.45) is 0.953. The molecule has 1 aromatic carbocycles. The predicted octanol–water partition coefficient (Wildman–Crippen LogP) is 2.08. The predicted molar refractivity (Wildman–Crippen MR) is 95.0 cm³/mol. The lowest BCUT2D eigenvalue weighted by Gasteiger charge is -2.12. The zero-order valence-corrected chi connectivity index (χ0v) is 14.3. The van der Waals surface area contributed by atoms with E-state index >= 15 is 0 Å². The molecule has 0 saturated carbocycles. The van der Waals surface area contributed by atoms with Crippen molar-refractivity contribution in [1.82, 2.24) is 20.6 Å². The Morgan fingerprint density at radius 1 is 1.26 bits per heavy atom. The van der Waals surface area contributed by atoms with Crippen molar-refractivity contribution in [3.05, 3.63) is 47.3 Å². The van der Waals surface area contributed by atoms with Crippen LogP contribution >= 0.6 is 12.2 Å². The Kier molecular flexibility index (Phi) is 5.70. The SMILES string of the molecule is CCc1cccc(NC(=S)NNC(=O)Cn2nc(C)cc2C)c1. The summed E-state index contributed by atoms with van der Waals surface area (Å²) in [7, 11) is 0. The van der Waals surface area contributed by atoms with Crippen LogP contribution in [0.5, 0.6) is 0 Å². The monoisotopic (exact) mass is 331 g/mol. The van der Waals surface area contributed by atoms with Gasteiger partial charge in [-0.2, -0.15) is 5.10 Å². The molecule has 7 heteroatoms. The quantitative estimate of drug-likeness (QED) is 0.591. The van der Waals surface area contributed by atoms with E-state index in [1.807, 2.05) is 38.1 Å². The molecule has 1 amide bonds. The summed E-state index contributed by atoms with van der Waals surface area (Å²) in [4.78, 5) is 11.9. The fourth-order valence-corrected chi connectivity index (χ4v) is 2.34. The minimum atomic E-state index is -0.220. The van der Waals surface area contributed by atoms with Crippen LogP contribution in [-0.2, 0) is 17.8 Å². The molecule has 3 N–H and O–H groups in total. The summed E-state index contributed by atoms with van der Waals surface area (Å²) in [5.74, 6) is -0.220. The van der Waals surface area contributed by atoms with Gasteiger partial charge in [0.1, 0.15) is 6.54 Å². The number of hydrazine groups is 1. The van der Waals surface area contributed by atoms with Crippen molar-refractivity contribution in [1.29, 1.82) is 0 Å². The van der Waals surface area contributed by atoms with Crippen LogP contribution in [0.25, 0.3) is 0 Å². The molecule has 0 aliphatic heterocycles. The molecule has 0 unspecified atom stereocenters. The standard InChI is InChI=1S/C16H21N5OS/c1-4-13-6-5-7-14(9-13)17-16(23)19-18-15(22)10-21-12(3)8-11(2)20-21/h5-9H,4,10H2,1-3H3,(H,18,22)(H2,17,19,23). The first-order valence-electron chi connectivity index (χ1n) is 7.43.